The molecule has 2 saturated heterocycles. The third-order valence-corrected chi connectivity index (χ3v) is 7.33. The average molecular weight is 344 g/mol. The smallest absolute Gasteiger partial charge is 0.326 e. The lowest BCUT2D eigenvalue weighted by atomic mass is 10.2. The van der Waals surface area contributed by atoms with Gasteiger partial charge in [-0.25, -0.2) is 4.67 Å². The minimum atomic E-state index is -3.13. The summed E-state index contributed by atoms with van der Waals surface area (Å²) in [6, 6.07) is 17.5. The van der Waals surface area contributed by atoms with Crippen molar-refractivity contribution in [2.24, 2.45) is 0 Å². The summed E-state index contributed by atoms with van der Waals surface area (Å²) < 4.78 is 15.3. The molecule has 0 amide bonds. The molecule has 24 heavy (non-hydrogen) atoms. The van der Waals surface area contributed by atoms with Crippen LogP contribution in [0.25, 0.3) is 0 Å². The summed E-state index contributed by atoms with van der Waals surface area (Å²) in [6.45, 7) is 1.57. The second kappa shape index (κ2) is 6.25. The number of methoxy groups -OCH3 is 1. The van der Waals surface area contributed by atoms with Crippen molar-refractivity contribution in [1.82, 2.24) is 4.67 Å². The van der Waals surface area contributed by atoms with E-state index in [1.54, 1.807) is 7.11 Å². The van der Waals surface area contributed by atoms with E-state index in [0.717, 1.165) is 37.4 Å². The van der Waals surface area contributed by atoms with Gasteiger partial charge in [-0.1, -0.05) is 18.2 Å². The van der Waals surface area contributed by atoms with E-state index in [9.17, 15) is 4.89 Å². The van der Waals surface area contributed by atoms with E-state index in [2.05, 4.69) is 4.67 Å². The Hall–Kier alpha value is -1.81. The maximum atomic E-state index is 13.9. The number of para-hydroxylation sites is 1. The molecular formula is C18H21N2O3P. The minimum Gasteiger partial charge on any atom is -0.614 e. The van der Waals surface area contributed by atoms with Gasteiger partial charge in [-0.3, -0.25) is 0 Å². The predicted molar refractivity (Wildman–Crippen MR) is 94.1 cm³/mol. The van der Waals surface area contributed by atoms with Crippen molar-refractivity contribution < 1.29 is 14.2 Å². The van der Waals surface area contributed by atoms with Crippen LogP contribution in [-0.2, 0) is 0 Å². The Balaban J connectivity index is 1.66. The summed E-state index contributed by atoms with van der Waals surface area (Å²) >= 11 is 0. The van der Waals surface area contributed by atoms with Crippen molar-refractivity contribution in [3.05, 3.63) is 54.6 Å². The number of hydrogen-bond acceptors (Lipinski definition) is 5. The van der Waals surface area contributed by atoms with Crippen molar-refractivity contribution in [3.8, 4) is 11.5 Å². The summed E-state index contributed by atoms with van der Waals surface area (Å²) in [5.41, 5.74) is 0.948. The highest BCUT2D eigenvalue weighted by Gasteiger charge is 2.58. The summed E-state index contributed by atoms with van der Waals surface area (Å²) in [5, 5.41) is 0. The maximum Gasteiger partial charge on any atom is 0.326 e. The molecule has 2 fully saturated rings. The number of rotatable bonds is 4. The van der Waals surface area contributed by atoms with Crippen LogP contribution in [-0.4, -0.2) is 30.9 Å². The number of benzene rings is 2. The van der Waals surface area contributed by atoms with E-state index in [4.69, 9.17) is 9.26 Å². The van der Waals surface area contributed by atoms with Crippen LogP contribution in [0.5, 0.6) is 11.5 Å². The lowest BCUT2D eigenvalue weighted by molar-refractivity contribution is -0.197. The SMILES string of the molecule is COc1ccc(O[P+]2([O-])N(c3ccccc3)C[C@@H]3CCCN32)cc1. The summed E-state index contributed by atoms with van der Waals surface area (Å²) in [6.07, 6.45) is 2.14. The summed E-state index contributed by atoms with van der Waals surface area (Å²) in [7, 11) is -1.50. The molecule has 1 unspecified atom stereocenters. The van der Waals surface area contributed by atoms with Crippen LogP contribution in [0.3, 0.4) is 0 Å². The zero-order valence-corrected chi connectivity index (χ0v) is 14.6. The van der Waals surface area contributed by atoms with Crippen LogP contribution >= 0.6 is 8.02 Å². The Morgan fingerprint density at radius 3 is 2.46 bits per heavy atom. The Labute approximate surface area is 143 Å². The average Bonchev–Trinajstić information content (AvgIpc) is 3.19. The van der Waals surface area contributed by atoms with Gasteiger partial charge < -0.3 is 14.2 Å². The lowest BCUT2D eigenvalue weighted by Crippen LogP contribution is -2.37. The largest absolute Gasteiger partial charge is 0.614 e. The molecule has 126 valence electrons. The van der Waals surface area contributed by atoms with E-state index in [-0.39, 0.29) is 0 Å². The molecule has 6 heteroatoms. The minimum absolute atomic E-state index is 0.300. The van der Waals surface area contributed by atoms with Crippen molar-refractivity contribution in [2.45, 2.75) is 18.9 Å². The van der Waals surface area contributed by atoms with Gasteiger partial charge in [0.15, 0.2) is 5.75 Å². The number of fused-ring (bicyclic) bond motifs is 1. The topological polar surface area (TPSA) is 48.0 Å². The van der Waals surface area contributed by atoms with Gasteiger partial charge in [-0.05, 0) is 49.2 Å². The van der Waals surface area contributed by atoms with Gasteiger partial charge in [0.1, 0.15) is 5.75 Å². The second-order valence-electron chi connectivity index (χ2n) is 6.13. The van der Waals surface area contributed by atoms with Gasteiger partial charge in [-0.15, -0.1) is 4.67 Å². The molecule has 0 saturated carbocycles. The molecule has 2 aromatic rings. The molecule has 0 N–H and O–H groups in total. The van der Waals surface area contributed by atoms with Gasteiger partial charge in [0.05, 0.1) is 25.4 Å². The van der Waals surface area contributed by atoms with Crippen LogP contribution in [0, 0.1) is 0 Å². The van der Waals surface area contributed by atoms with Crippen LogP contribution in [0.2, 0.25) is 0 Å². The Bertz CT molecular complexity index is 697. The van der Waals surface area contributed by atoms with Crippen molar-refractivity contribution in [3.63, 3.8) is 0 Å². The zero-order chi connectivity index (χ0) is 16.6. The first kappa shape index (κ1) is 15.7. The highest BCUT2D eigenvalue weighted by molar-refractivity contribution is 7.64. The molecule has 2 atom stereocenters. The fourth-order valence-electron chi connectivity index (χ4n) is 3.51. The van der Waals surface area contributed by atoms with Gasteiger partial charge >= 0.3 is 8.02 Å². The van der Waals surface area contributed by atoms with Crippen LogP contribution in [0.4, 0.5) is 5.69 Å². The number of ether oxygens (including phenoxy) is 1. The van der Waals surface area contributed by atoms with Crippen LogP contribution in [0.1, 0.15) is 12.8 Å². The first-order chi connectivity index (χ1) is 11.7. The first-order valence-electron chi connectivity index (χ1n) is 8.24. The lowest BCUT2D eigenvalue weighted by Gasteiger charge is -2.36. The quantitative estimate of drug-likeness (QED) is 0.798. The molecule has 2 aliphatic heterocycles. The Morgan fingerprint density at radius 1 is 1.04 bits per heavy atom. The van der Waals surface area contributed by atoms with Gasteiger partial charge in [0.2, 0.25) is 0 Å². The maximum absolute atomic E-state index is 13.9. The van der Waals surface area contributed by atoms with Crippen LogP contribution in [0.15, 0.2) is 54.6 Å². The predicted octanol–water partition coefficient (Wildman–Crippen LogP) is 3.10. The second-order valence-corrected chi connectivity index (χ2v) is 8.29. The first-order valence-corrected chi connectivity index (χ1v) is 9.77. The van der Waals surface area contributed by atoms with Crippen LogP contribution < -0.4 is 18.8 Å². The molecule has 0 aromatic heterocycles. The van der Waals surface area contributed by atoms with Gasteiger partial charge in [-0.2, -0.15) is 0 Å². The molecule has 2 aromatic carbocycles. The van der Waals surface area contributed by atoms with E-state index in [0.29, 0.717) is 11.8 Å². The number of hydrogen-bond donors (Lipinski definition) is 0. The van der Waals surface area contributed by atoms with Crippen molar-refractivity contribution in [1.29, 1.82) is 0 Å². The third kappa shape index (κ3) is 2.63. The van der Waals surface area contributed by atoms with Crippen molar-refractivity contribution >= 4 is 13.7 Å². The molecule has 4 rings (SSSR count). The molecule has 5 nitrogen and oxygen atoms in total. The van der Waals surface area contributed by atoms with E-state index < -0.39 is 8.02 Å². The standard InChI is InChI=1S/C18H21N2O3P/c1-22-17-9-11-18(12-10-17)23-24(21)19-13-5-8-16(19)14-20(24)15-6-3-2-4-7-15/h2-4,6-7,9-12,16H,5,8,13-14H2,1H3/t16-,24?/m0/s1. The van der Waals surface area contributed by atoms with E-state index in [1.165, 1.54) is 0 Å². The molecule has 0 bridgehead atoms. The number of anilines is 1. The van der Waals surface area contributed by atoms with Crippen molar-refractivity contribution in [2.75, 3.05) is 24.9 Å². The highest BCUT2D eigenvalue weighted by Crippen LogP contribution is 2.65. The Kier molecular flexibility index (Phi) is 4.09. The molecule has 2 aliphatic rings. The van der Waals surface area contributed by atoms with E-state index >= 15 is 0 Å². The fraction of sp³-hybridized carbons (Fsp3) is 0.333. The normalized spacial score (nSPS) is 26.4. The molecule has 2 heterocycles. The summed E-state index contributed by atoms with van der Waals surface area (Å²) in [4.78, 5) is 13.9. The fourth-order valence-corrected chi connectivity index (χ4v) is 6.20. The Morgan fingerprint density at radius 2 is 1.75 bits per heavy atom. The van der Waals surface area contributed by atoms with Gasteiger partial charge in [0.25, 0.3) is 0 Å². The summed E-state index contributed by atoms with van der Waals surface area (Å²) in [5.74, 6) is 1.36. The van der Waals surface area contributed by atoms with E-state index in [1.807, 2.05) is 59.3 Å². The zero-order valence-electron chi connectivity index (χ0n) is 13.7. The molecule has 0 spiro atoms. The third-order valence-electron chi connectivity index (χ3n) is 4.70. The molecule has 0 aliphatic carbocycles. The van der Waals surface area contributed by atoms with Gasteiger partial charge in [0, 0.05) is 6.54 Å². The highest BCUT2D eigenvalue weighted by atomic mass is 31.2. The monoisotopic (exact) mass is 344 g/mol. The molecule has 0 radical (unpaired) electrons. The number of nitrogens with zero attached hydrogens (tertiary/aromatic N) is 2. The molecular weight excluding hydrogens is 323 g/mol.